The fraction of sp³-hybridized carbons (Fsp3) is 0.238. The molecule has 0 radical (unpaired) electrons. The van der Waals surface area contributed by atoms with Crippen LogP contribution in [-0.2, 0) is 6.42 Å². The molecule has 7 heteroatoms. The number of ether oxygens (including phenoxy) is 3. The van der Waals surface area contributed by atoms with Crippen molar-refractivity contribution >= 4 is 17.3 Å². The molecule has 3 rings (SSSR count). The van der Waals surface area contributed by atoms with E-state index in [1.807, 2.05) is 42.5 Å². The smallest absolute Gasteiger partial charge is 0.146 e. The zero-order chi connectivity index (χ0) is 19.8. The molecule has 0 saturated heterocycles. The number of nitrogens with one attached hydrogen (secondary N) is 2. The van der Waals surface area contributed by atoms with Crippen molar-refractivity contribution in [2.24, 2.45) is 0 Å². The van der Waals surface area contributed by atoms with Crippen LogP contribution >= 0.6 is 0 Å². The van der Waals surface area contributed by atoms with Crippen LogP contribution in [0.3, 0.4) is 0 Å². The van der Waals surface area contributed by atoms with Crippen LogP contribution in [0.5, 0.6) is 17.2 Å². The first-order chi connectivity index (χ1) is 13.7. The lowest BCUT2D eigenvalue weighted by Gasteiger charge is -2.13. The molecule has 28 heavy (non-hydrogen) atoms. The number of hydrogen-bond donors (Lipinski definition) is 2. The summed E-state index contributed by atoms with van der Waals surface area (Å²) in [7, 11) is 4.92. The summed E-state index contributed by atoms with van der Waals surface area (Å²) in [6.07, 6.45) is 2.34. The number of benzene rings is 2. The van der Waals surface area contributed by atoms with Gasteiger partial charge >= 0.3 is 0 Å². The van der Waals surface area contributed by atoms with Crippen LogP contribution in [0.4, 0.5) is 17.3 Å². The van der Waals surface area contributed by atoms with E-state index in [9.17, 15) is 0 Å². The van der Waals surface area contributed by atoms with Crippen LogP contribution in [0.2, 0.25) is 0 Å². The minimum absolute atomic E-state index is 0.665. The minimum atomic E-state index is 0.665. The number of hydrogen-bond acceptors (Lipinski definition) is 7. The molecule has 0 aliphatic carbocycles. The van der Waals surface area contributed by atoms with Gasteiger partial charge in [-0.1, -0.05) is 18.2 Å². The first-order valence-corrected chi connectivity index (χ1v) is 8.90. The molecule has 0 aliphatic heterocycles. The summed E-state index contributed by atoms with van der Waals surface area (Å²) in [6, 6.07) is 15.4. The quantitative estimate of drug-likeness (QED) is 0.583. The molecule has 2 N–H and O–H groups in total. The van der Waals surface area contributed by atoms with Gasteiger partial charge in [0.05, 0.1) is 27.0 Å². The van der Waals surface area contributed by atoms with Crippen molar-refractivity contribution in [1.29, 1.82) is 0 Å². The zero-order valence-electron chi connectivity index (χ0n) is 16.2. The summed E-state index contributed by atoms with van der Waals surface area (Å²) >= 11 is 0. The van der Waals surface area contributed by atoms with Crippen molar-refractivity contribution in [3.63, 3.8) is 0 Å². The molecule has 1 aromatic heterocycles. The molecule has 0 atom stereocenters. The van der Waals surface area contributed by atoms with Crippen LogP contribution < -0.4 is 24.8 Å². The van der Waals surface area contributed by atoms with Gasteiger partial charge in [-0.3, -0.25) is 0 Å². The average Bonchev–Trinajstić information content (AvgIpc) is 2.74. The fourth-order valence-electron chi connectivity index (χ4n) is 2.80. The molecular formula is C21H24N4O3. The van der Waals surface area contributed by atoms with Crippen molar-refractivity contribution in [2.45, 2.75) is 6.42 Å². The fourth-order valence-corrected chi connectivity index (χ4v) is 2.80. The average molecular weight is 380 g/mol. The Bertz CT molecular complexity index is 918. The van der Waals surface area contributed by atoms with Gasteiger partial charge in [0.25, 0.3) is 0 Å². The zero-order valence-corrected chi connectivity index (χ0v) is 16.2. The lowest BCUT2D eigenvalue weighted by molar-refractivity contribution is 0.395. The van der Waals surface area contributed by atoms with Crippen LogP contribution in [-0.4, -0.2) is 37.8 Å². The van der Waals surface area contributed by atoms with E-state index < -0.39 is 0 Å². The first kappa shape index (κ1) is 19.3. The largest absolute Gasteiger partial charge is 0.497 e. The number of methoxy groups -OCH3 is 3. The molecule has 0 spiro atoms. The second-order valence-electron chi connectivity index (χ2n) is 5.97. The Morgan fingerprint density at radius 1 is 0.821 bits per heavy atom. The van der Waals surface area contributed by atoms with E-state index in [1.54, 1.807) is 21.3 Å². The summed E-state index contributed by atoms with van der Waals surface area (Å²) in [4.78, 5) is 8.56. The number of nitrogens with zero attached hydrogens (tertiary/aromatic N) is 2. The summed E-state index contributed by atoms with van der Waals surface area (Å²) in [5, 5.41) is 6.57. The van der Waals surface area contributed by atoms with E-state index in [4.69, 9.17) is 14.2 Å². The van der Waals surface area contributed by atoms with Crippen LogP contribution in [0.1, 0.15) is 5.56 Å². The van der Waals surface area contributed by atoms with Crippen molar-refractivity contribution in [2.75, 3.05) is 38.5 Å². The van der Waals surface area contributed by atoms with Gasteiger partial charge in [-0.2, -0.15) is 0 Å². The maximum Gasteiger partial charge on any atom is 0.146 e. The third-order valence-electron chi connectivity index (χ3n) is 4.23. The highest BCUT2D eigenvalue weighted by molar-refractivity contribution is 5.66. The van der Waals surface area contributed by atoms with Gasteiger partial charge in [-0.05, 0) is 30.2 Å². The minimum Gasteiger partial charge on any atom is -0.497 e. The number of rotatable bonds is 9. The predicted molar refractivity (Wildman–Crippen MR) is 110 cm³/mol. The Hall–Kier alpha value is -3.48. The molecule has 0 fully saturated rings. The monoisotopic (exact) mass is 380 g/mol. The van der Waals surface area contributed by atoms with Gasteiger partial charge in [0.1, 0.15) is 35.2 Å². The lowest BCUT2D eigenvalue weighted by atomic mass is 10.1. The maximum absolute atomic E-state index is 5.41. The van der Waals surface area contributed by atoms with Crippen LogP contribution in [0.15, 0.2) is 54.9 Å². The molecular weight excluding hydrogens is 356 g/mol. The topological polar surface area (TPSA) is 77.5 Å². The predicted octanol–water partition coefficient (Wildman–Crippen LogP) is 3.90. The molecule has 1 heterocycles. The third-order valence-corrected chi connectivity index (χ3v) is 4.23. The Morgan fingerprint density at radius 2 is 1.61 bits per heavy atom. The van der Waals surface area contributed by atoms with Crippen LogP contribution in [0, 0.1) is 0 Å². The standard InChI is InChI=1S/C21H24N4O3/c1-26-16-8-9-17(19(12-16)28-3)25-21-13-20(23-14-24-21)22-11-10-15-6-4-5-7-18(15)27-2/h4-9,12-14H,10-11H2,1-3H3,(H2,22,23,24,25). The van der Waals surface area contributed by atoms with Crippen molar-refractivity contribution in [3.8, 4) is 17.2 Å². The van der Waals surface area contributed by atoms with Crippen molar-refractivity contribution < 1.29 is 14.2 Å². The maximum atomic E-state index is 5.41. The van der Waals surface area contributed by atoms with Gasteiger partial charge < -0.3 is 24.8 Å². The van der Waals surface area contributed by atoms with E-state index in [-0.39, 0.29) is 0 Å². The molecule has 0 amide bonds. The molecule has 0 unspecified atom stereocenters. The Morgan fingerprint density at radius 3 is 2.39 bits per heavy atom. The van der Waals surface area contributed by atoms with Crippen LogP contribution in [0.25, 0.3) is 0 Å². The third kappa shape index (κ3) is 4.82. The molecule has 3 aromatic rings. The van der Waals surface area contributed by atoms with Crippen molar-refractivity contribution in [1.82, 2.24) is 9.97 Å². The second kappa shape index (κ2) is 9.45. The summed E-state index contributed by atoms with van der Waals surface area (Å²) in [5.41, 5.74) is 1.94. The van der Waals surface area contributed by atoms with Crippen molar-refractivity contribution in [3.05, 3.63) is 60.4 Å². The molecule has 146 valence electrons. The first-order valence-electron chi connectivity index (χ1n) is 8.90. The van der Waals surface area contributed by atoms with E-state index in [0.29, 0.717) is 11.6 Å². The van der Waals surface area contributed by atoms with Gasteiger partial charge in [-0.25, -0.2) is 9.97 Å². The van der Waals surface area contributed by atoms with E-state index in [1.165, 1.54) is 6.33 Å². The normalized spacial score (nSPS) is 10.2. The summed E-state index contributed by atoms with van der Waals surface area (Å²) in [5.74, 6) is 3.69. The molecule has 0 bridgehead atoms. The Balaban J connectivity index is 1.64. The highest BCUT2D eigenvalue weighted by atomic mass is 16.5. The second-order valence-corrected chi connectivity index (χ2v) is 5.97. The Kier molecular flexibility index (Phi) is 6.51. The highest BCUT2D eigenvalue weighted by Crippen LogP contribution is 2.31. The highest BCUT2D eigenvalue weighted by Gasteiger charge is 2.07. The number of anilines is 3. The van der Waals surface area contributed by atoms with Gasteiger partial charge in [0, 0.05) is 18.7 Å². The number of aromatic nitrogens is 2. The van der Waals surface area contributed by atoms with E-state index in [0.717, 1.165) is 41.5 Å². The van der Waals surface area contributed by atoms with Gasteiger partial charge in [-0.15, -0.1) is 0 Å². The molecule has 7 nitrogen and oxygen atoms in total. The summed E-state index contributed by atoms with van der Waals surface area (Å²) in [6.45, 7) is 0.725. The van der Waals surface area contributed by atoms with Gasteiger partial charge in [0.15, 0.2) is 0 Å². The Labute approximate surface area is 164 Å². The molecule has 0 aliphatic rings. The van der Waals surface area contributed by atoms with E-state index in [2.05, 4.69) is 26.7 Å². The lowest BCUT2D eigenvalue weighted by Crippen LogP contribution is -2.08. The molecule has 0 saturated carbocycles. The SMILES string of the molecule is COc1ccc(Nc2cc(NCCc3ccccc3OC)ncn2)c(OC)c1. The molecule has 2 aromatic carbocycles. The van der Waals surface area contributed by atoms with E-state index >= 15 is 0 Å². The number of para-hydroxylation sites is 1. The van der Waals surface area contributed by atoms with Gasteiger partial charge in [0.2, 0.25) is 0 Å². The summed E-state index contributed by atoms with van der Waals surface area (Å²) < 4.78 is 16.0.